The second kappa shape index (κ2) is 8.60. The quantitative estimate of drug-likeness (QED) is 0.404. The van der Waals surface area contributed by atoms with Gasteiger partial charge in [-0.2, -0.15) is 0 Å². The van der Waals surface area contributed by atoms with Crippen molar-refractivity contribution in [2.45, 2.75) is 39.3 Å². The van der Waals surface area contributed by atoms with Gasteiger partial charge in [-0.1, -0.05) is 11.2 Å². The van der Waals surface area contributed by atoms with E-state index in [1.807, 2.05) is 51.1 Å². The molecule has 1 N–H and O–H groups in total. The third kappa shape index (κ3) is 3.50. The molecule has 2 atom stereocenters. The first-order valence-corrected chi connectivity index (χ1v) is 12.2. The maximum atomic E-state index is 13.5. The summed E-state index contributed by atoms with van der Waals surface area (Å²) in [6.45, 7) is 7.53. The van der Waals surface area contributed by atoms with E-state index >= 15 is 0 Å². The first kappa shape index (κ1) is 22.5. The molecule has 184 valence electrons. The monoisotopic (exact) mass is 484 g/mol. The zero-order chi connectivity index (χ0) is 25.0. The maximum absolute atomic E-state index is 13.5. The molecule has 9 heteroatoms. The van der Waals surface area contributed by atoms with Crippen LogP contribution in [0.3, 0.4) is 0 Å². The number of benzene rings is 1. The van der Waals surface area contributed by atoms with Gasteiger partial charge in [0.25, 0.3) is 0 Å². The largest absolute Gasteiger partial charge is 0.488 e. The molecule has 0 unspecified atom stereocenters. The topological polar surface area (TPSA) is 100 Å². The molecule has 5 heterocycles. The second-order valence-corrected chi connectivity index (χ2v) is 9.43. The molecule has 1 fully saturated rings. The van der Waals surface area contributed by atoms with Crippen molar-refractivity contribution in [3.8, 4) is 16.9 Å². The molecule has 0 aliphatic carbocycles. The summed E-state index contributed by atoms with van der Waals surface area (Å²) in [5, 5.41) is 8.38. The van der Waals surface area contributed by atoms with Gasteiger partial charge in [-0.25, -0.2) is 4.79 Å². The number of hydrogen-bond donors (Lipinski definition) is 1. The highest BCUT2D eigenvalue weighted by Gasteiger charge is 2.25. The summed E-state index contributed by atoms with van der Waals surface area (Å²) in [7, 11) is 1.78. The molecule has 36 heavy (non-hydrogen) atoms. The van der Waals surface area contributed by atoms with Crippen LogP contribution in [0.1, 0.15) is 36.5 Å². The Morgan fingerprint density at radius 2 is 2.08 bits per heavy atom. The van der Waals surface area contributed by atoms with Gasteiger partial charge in [0.05, 0.1) is 45.7 Å². The Morgan fingerprint density at radius 1 is 1.22 bits per heavy atom. The van der Waals surface area contributed by atoms with Crippen molar-refractivity contribution >= 4 is 21.9 Å². The average Bonchev–Trinajstić information content (AvgIpc) is 3.58. The predicted molar refractivity (Wildman–Crippen MR) is 137 cm³/mol. The van der Waals surface area contributed by atoms with Crippen LogP contribution in [0.25, 0.3) is 33.1 Å². The van der Waals surface area contributed by atoms with E-state index < -0.39 is 0 Å². The zero-order valence-electron chi connectivity index (χ0n) is 20.8. The number of fused-ring (bicyclic) bond motifs is 3. The number of hydrogen-bond acceptors (Lipinski definition) is 7. The fourth-order valence-corrected chi connectivity index (χ4v) is 5.24. The lowest BCUT2D eigenvalue weighted by Gasteiger charge is -2.18. The molecule has 4 aromatic heterocycles. The lowest BCUT2D eigenvalue weighted by atomic mass is 10.00. The fraction of sp³-hybridized carbons (Fsp3) is 0.333. The van der Waals surface area contributed by atoms with Gasteiger partial charge in [-0.3, -0.25) is 19.1 Å². The third-order valence-corrected chi connectivity index (χ3v) is 7.13. The highest BCUT2D eigenvalue weighted by atomic mass is 16.5. The minimum atomic E-state index is -0.265. The van der Waals surface area contributed by atoms with Gasteiger partial charge < -0.3 is 14.6 Å². The number of nitrogens with zero attached hydrogens (tertiary/aromatic N) is 5. The van der Waals surface area contributed by atoms with E-state index in [1.54, 1.807) is 28.6 Å². The van der Waals surface area contributed by atoms with E-state index in [4.69, 9.17) is 14.2 Å². The van der Waals surface area contributed by atoms with Crippen molar-refractivity contribution in [3.63, 3.8) is 0 Å². The molecule has 1 aromatic carbocycles. The predicted octanol–water partition coefficient (Wildman–Crippen LogP) is 3.91. The summed E-state index contributed by atoms with van der Waals surface area (Å²) in [6, 6.07) is 9.53. The molecule has 1 aliphatic heterocycles. The van der Waals surface area contributed by atoms with Crippen LogP contribution in [0.4, 0.5) is 0 Å². The number of imidazole rings is 1. The first-order chi connectivity index (χ1) is 17.4. The molecule has 0 amide bonds. The third-order valence-electron chi connectivity index (χ3n) is 7.13. The smallest absolute Gasteiger partial charge is 0.329 e. The Hall–Kier alpha value is -3.98. The van der Waals surface area contributed by atoms with Crippen LogP contribution in [0.2, 0.25) is 0 Å². The molecule has 1 aliphatic rings. The second-order valence-electron chi connectivity index (χ2n) is 9.43. The van der Waals surface area contributed by atoms with E-state index in [1.165, 1.54) is 0 Å². The summed E-state index contributed by atoms with van der Waals surface area (Å²) >= 11 is 0. The van der Waals surface area contributed by atoms with Gasteiger partial charge in [0, 0.05) is 30.7 Å². The summed E-state index contributed by atoms with van der Waals surface area (Å²) in [6.07, 6.45) is 4.49. The van der Waals surface area contributed by atoms with Crippen molar-refractivity contribution in [2.75, 3.05) is 13.1 Å². The standard InChI is InChI=1S/C27H28N6O3/c1-15-25(17(3)36-31-15)20-11-22-19(12-24(20)35-18-8-10-28-13-18)26-23(14-30-22)32(4)27(34)33(26)16(2)21-7-5-6-9-29-21/h5-7,9,11-12,14,16,18,28H,8,10,13H2,1-4H3/t16-,18-/m1/s1. The lowest BCUT2D eigenvalue weighted by Crippen LogP contribution is -2.25. The summed E-state index contributed by atoms with van der Waals surface area (Å²) in [5.74, 6) is 1.45. The van der Waals surface area contributed by atoms with E-state index in [0.29, 0.717) is 0 Å². The molecule has 6 rings (SSSR count). The van der Waals surface area contributed by atoms with Crippen LogP contribution in [0.5, 0.6) is 5.75 Å². The van der Waals surface area contributed by atoms with E-state index in [0.717, 1.165) is 75.5 Å². The van der Waals surface area contributed by atoms with E-state index in [9.17, 15) is 4.79 Å². The molecular formula is C27H28N6O3. The van der Waals surface area contributed by atoms with Crippen molar-refractivity contribution in [2.24, 2.45) is 7.05 Å². The van der Waals surface area contributed by atoms with Gasteiger partial charge in [-0.15, -0.1) is 0 Å². The molecule has 5 aromatic rings. The molecule has 0 bridgehead atoms. The number of nitrogens with one attached hydrogen (secondary N) is 1. The molecule has 0 radical (unpaired) electrons. The van der Waals surface area contributed by atoms with Crippen molar-refractivity contribution < 1.29 is 9.26 Å². The Kier molecular flexibility index (Phi) is 5.37. The SMILES string of the molecule is Cc1noc(C)c1-c1cc2ncc3c(c2cc1O[C@@H]1CCNC1)n([C@H](C)c1ccccn1)c(=O)n3C. The summed E-state index contributed by atoms with van der Waals surface area (Å²) in [4.78, 5) is 22.7. The normalized spacial score (nSPS) is 16.7. The Bertz CT molecular complexity index is 1620. The van der Waals surface area contributed by atoms with Crippen molar-refractivity contribution in [3.05, 3.63) is 70.4 Å². The zero-order valence-corrected chi connectivity index (χ0v) is 20.8. The van der Waals surface area contributed by atoms with E-state index in [2.05, 4.69) is 15.5 Å². The van der Waals surface area contributed by atoms with Gasteiger partial charge in [-0.05, 0) is 58.0 Å². The number of rotatable bonds is 5. The molecule has 1 saturated heterocycles. The highest BCUT2D eigenvalue weighted by molar-refractivity contribution is 6.05. The van der Waals surface area contributed by atoms with Gasteiger partial charge in [0.1, 0.15) is 17.6 Å². The van der Waals surface area contributed by atoms with Crippen LogP contribution < -0.4 is 15.7 Å². The van der Waals surface area contributed by atoms with Crippen LogP contribution >= 0.6 is 0 Å². The van der Waals surface area contributed by atoms with E-state index in [-0.39, 0.29) is 17.8 Å². The molecular weight excluding hydrogens is 456 g/mol. The molecule has 0 saturated carbocycles. The minimum absolute atomic E-state index is 0.0549. The lowest BCUT2D eigenvalue weighted by molar-refractivity contribution is 0.224. The summed E-state index contributed by atoms with van der Waals surface area (Å²) in [5.41, 5.74) is 5.63. The van der Waals surface area contributed by atoms with Crippen LogP contribution in [-0.2, 0) is 7.05 Å². The molecule has 9 nitrogen and oxygen atoms in total. The summed E-state index contributed by atoms with van der Waals surface area (Å²) < 4.78 is 15.5. The van der Waals surface area contributed by atoms with Crippen LogP contribution in [0.15, 0.2) is 52.0 Å². The Balaban J connectivity index is 1.65. The number of pyridine rings is 2. The molecule has 0 spiro atoms. The highest BCUT2D eigenvalue weighted by Crippen LogP contribution is 2.40. The number of aryl methyl sites for hydroxylation is 3. The van der Waals surface area contributed by atoms with Gasteiger partial charge in [0.15, 0.2) is 0 Å². The van der Waals surface area contributed by atoms with Crippen molar-refractivity contribution in [1.29, 1.82) is 0 Å². The van der Waals surface area contributed by atoms with Crippen LogP contribution in [0, 0.1) is 13.8 Å². The average molecular weight is 485 g/mol. The van der Waals surface area contributed by atoms with Gasteiger partial charge in [0.2, 0.25) is 0 Å². The fourth-order valence-electron chi connectivity index (χ4n) is 5.24. The first-order valence-electron chi connectivity index (χ1n) is 12.2. The number of ether oxygens (including phenoxy) is 1. The minimum Gasteiger partial charge on any atom is -0.488 e. The van der Waals surface area contributed by atoms with Crippen molar-refractivity contribution in [1.82, 2.24) is 29.6 Å². The van der Waals surface area contributed by atoms with Gasteiger partial charge >= 0.3 is 5.69 Å². The van der Waals surface area contributed by atoms with Crippen LogP contribution in [-0.4, -0.2) is 43.5 Å². The Morgan fingerprint density at radius 3 is 2.78 bits per heavy atom. The maximum Gasteiger partial charge on any atom is 0.329 e. The number of aromatic nitrogens is 5. The Labute approximate surface area is 207 Å².